The molecule has 1 aromatic carbocycles. The lowest BCUT2D eigenvalue weighted by molar-refractivity contribution is -0.121. The van der Waals surface area contributed by atoms with Gasteiger partial charge in [-0.05, 0) is 23.6 Å². The van der Waals surface area contributed by atoms with Crippen LogP contribution in [0.25, 0.3) is 0 Å². The maximum atomic E-state index is 11.2. The van der Waals surface area contributed by atoms with Crippen LogP contribution in [0.1, 0.15) is 19.4 Å². The van der Waals surface area contributed by atoms with Crippen molar-refractivity contribution in [3.8, 4) is 0 Å². The van der Waals surface area contributed by atoms with E-state index < -0.39 is 0 Å². The van der Waals surface area contributed by atoms with E-state index in [2.05, 4.69) is 21.2 Å². The molecule has 1 unspecified atom stereocenters. The number of carbonyl (C=O) groups excluding carboxylic acids is 1. The molecule has 0 radical (unpaired) electrons. The summed E-state index contributed by atoms with van der Waals surface area (Å²) < 4.78 is 0.932. The van der Waals surface area contributed by atoms with Crippen LogP contribution in [0.4, 0.5) is 0 Å². The van der Waals surface area contributed by atoms with E-state index in [-0.39, 0.29) is 17.9 Å². The molecule has 0 spiro atoms. The van der Waals surface area contributed by atoms with Gasteiger partial charge in [-0.15, -0.1) is 0 Å². The number of benzene rings is 1. The van der Waals surface area contributed by atoms with Gasteiger partial charge in [-0.1, -0.05) is 47.4 Å². The summed E-state index contributed by atoms with van der Waals surface area (Å²) in [6, 6.07) is 5.32. The van der Waals surface area contributed by atoms with Gasteiger partial charge in [-0.25, -0.2) is 0 Å². The molecule has 3 N–H and O–H groups in total. The fraction of sp³-hybridized carbons (Fsp3) is 0.417. The summed E-state index contributed by atoms with van der Waals surface area (Å²) in [5.74, 6) is -0.185. The Hall–Kier alpha value is -0.580. The third-order valence-electron chi connectivity index (χ3n) is 2.50. The van der Waals surface area contributed by atoms with Gasteiger partial charge in [0.2, 0.25) is 5.91 Å². The largest absolute Gasteiger partial charge is 0.368 e. The molecule has 0 heterocycles. The molecule has 0 fully saturated rings. The molecule has 94 valence electrons. The molecule has 0 saturated carbocycles. The maximum absolute atomic E-state index is 11.2. The molecule has 5 heteroatoms. The first kappa shape index (κ1) is 14.5. The molecule has 1 rings (SSSR count). The van der Waals surface area contributed by atoms with Crippen LogP contribution in [-0.2, 0) is 11.3 Å². The fourth-order valence-electron chi connectivity index (χ4n) is 1.55. The number of rotatable bonds is 5. The van der Waals surface area contributed by atoms with Gasteiger partial charge in [-0.3, -0.25) is 4.79 Å². The monoisotopic (exact) mass is 318 g/mol. The number of nitrogens with two attached hydrogens (primary N) is 1. The molecule has 3 nitrogen and oxygen atoms in total. The average Bonchev–Trinajstić information content (AvgIpc) is 2.20. The van der Waals surface area contributed by atoms with Gasteiger partial charge in [0, 0.05) is 16.0 Å². The third-order valence-corrected chi connectivity index (χ3v) is 3.35. The van der Waals surface area contributed by atoms with Gasteiger partial charge in [-0.2, -0.15) is 0 Å². The molecule has 1 amide bonds. The highest BCUT2D eigenvalue weighted by Crippen LogP contribution is 2.21. The molecular formula is C12H16BrClN2O. The highest BCUT2D eigenvalue weighted by Gasteiger charge is 2.18. The number of hydrogen-bond acceptors (Lipinski definition) is 2. The zero-order valence-corrected chi connectivity index (χ0v) is 12.2. The first-order valence-electron chi connectivity index (χ1n) is 5.38. The van der Waals surface area contributed by atoms with Crippen molar-refractivity contribution >= 4 is 33.4 Å². The summed E-state index contributed by atoms with van der Waals surface area (Å²) in [6.07, 6.45) is 0. The van der Waals surface area contributed by atoms with Gasteiger partial charge in [0.25, 0.3) is 0 Å². The number of nitrogens with one attached hydrogen (secondary N) is 1. The lowest BCUT2D eigenvalue weighted by atomic mass is 10.0. The Morgan fingerprint density at radius 1 is 1.53 bits per heavy atom. The second-order valence-corrected chi connectivity index (χ2v) is 5.56. The van der Waals surface area contributed by atoms with E-state index in [0.717, 1.165) is 10.0 Å². The van der Waals surface area contributed by atoms with Crippen LogP contribution in [0, 0.1) is 5.92 Å². The quantitative estimate of drug-likeness (QED) is 0.877. The highest BCUT2D eigenvalue weighted by atomic mass is 79.9. The number of amides is 1. The second-order valence-electron chi connectivity index (χ2n) is 4.24. The molecule has 0 aromatic heterocycles. The van der Waals surface area contributed by atoms with Crippen LogP contribution in [-0.4, -0.2) is 11.9 Å². The van der Waals surface area contributed by atoms with Crippen molar-refractivity contribution in [3.63, 3.8) is 0 Å². The molecule has 0 aliphatic rings. The van der Waals surface area contributed by atoms with Gasteiger partial charge in [0.15, 0.2) is 0 Å². The van der Waals surface area contributed by atoms with Crippen molar-refractivity contribution in [2.75, 3.05) is 0 Å². The second kappa shape index (κ2) is 6.38. The van der Waals surface area contributed by atoms with Gasteiger partial charge in [0.05, 0.1) is 6.04 Å². The molecular weight excluding hydrogens is 304 g/mol. The zero-order valence-electron chi connectivity index (χ0n) is 9.84. The zero-order chi connectivity index (χ0) is 13.0. The molecule has 0 saturated heterocycles. The molecule has 0 aliphatic heterocycles. The van der Waals surface area contributed by atoms with E-state index >= 15 is 0 Å². The number of hydrogen-bond donors (Lipinski definition) is 2. The first-order chi connectivity index (χ1) is 7.91. The Morgan fingerprint density at radius 3 is 2.65 bits per heavy atom. The van der Waals surface area contributed by atoms with Crippen molar-refractivity contribution in [1.29, 1.82) is 0 Å². The van der Waals surface area contributed by atoms with E-state index in [1.807, 2.05) is 32.0 Å². The Labute approximate surface area is 115 Å². The van der Waals surface area contributed by atoms with Gasteiger partial charge >= 0.3 is 0 Å². The molecule has 0 aliphatic carbocycles. The van der Waals surface area contributed by atoms with Crippen molar-refractivity contribution in [2.24, 2.45) is 11.7 Å². The smallest absolute Gasteiger partial charge is 0.234 e. The highest BCUT2D eigenvalue weighted by molar-refractivity contribution is 9.10. The van der Waals surface area contributed by atoms with E-state index in [4.69, 9.17) is 17.3 Å². The van der Waals surface area contributed by atoms with E-state index in [1.54, 1.807) is 0 Å². The minimum atomic E-state index is -0.340. The van der Waals surface area contributed by atoms with Crippen LogP contribution in [0.3, 0.4) is 0 Å². The van der Waals surface area contributed by atoms with E-state index in [0.29, 0.717) is 11.6 Å². The summed E-state index contributed by atoms with van der Waals surface area (Å²) in [4.78, 5) is 11.2. The van der Waals surface area contributed by atoms with E-state index in [9.17, 15) is 4.79 Å². The van der Waals surface area contributed by atoms with Crippen LogP contribution in [0.15, 0.2) is 22.7 Å². The van der Waals surface area contributed by atoms with Crippen molar-refractivity contribution in [3.05, 3.63) is 33.3 Å². The number of halogens is 2. The van der Waals surface area contributed by atoms with Crippen LogP contribution in [0.5, 0.6) is 0 Å². The van der Waals surface area contributed by atoms with Crippen molar-refractivity contribution < 1.29 is 4.79 Å². The number of carbonyl (C=O) groups is 1. The average molecular weight is 320 g/mol. The standard InChI is InChI=1S/C12H16BrClN2O/c1-7(2)11(12(15)17)16-6-8-3-4-9(13)5-10(8)14/h3-5,7,11,16H,6H2,1-2H3,(H2,15,17). The minimum Gasteiger partial charge on any atom is -0.368 e. The Kier molecular flexibility index (Phi) is 5.43. The SMILES string of the molecule is CC(C)C(NCc1ccc(Br)cc1Cl)C(N)=O. The predicted octanol–water partition coefficient (Wildman–Crippen LogP) is 2.70. The third kappa shape index (κ3) is 4.30. The summed E-state index contributed by atoms with van der Waals surface area (Å²) >= 11 is 9.43. The fourth-order valence-corrected chi connectivity index (χ4v) is 2.29. The van der Waals surface area contributed by atoms with Gasteiger partial charge in [0.1, 0.15) is 0 Å². The van der Waals surface area contributed by atoms with E-state index in [1.165, 1.54) is 0 Å². The molecule has 17 heavy (non-hydrogen) atoms. The lowest BCUT2D eigenvalue weighted by Gasteiger charge is -2.19. The van der Waals surface area contributed by atoms with Crippen LogP contribution >= 0.6 is 27.5 Å². The number of primary amides is 1. The molecule has 1 atom stereocenters. The van der Waals surface area contributed by atoms with Crippen molar-refractivity contribution in [2.45, 2.75) is 26.4 Å². The van der Waals surface area contributed by atoms with Gasteiger partial charge < -0.3 is 11.1 Å². The molecule has 0 bridgehead atoms. The Bertz CT molecular complexity index is 409. The Balaban J connectivity index is 2.69. The Morgan fingerprint density at radius 2 is 2.18 bits per heavy atom. The topological polar surface area (TPSA) is 55.1 Å². The van der Waals surface area contributed by atoms with Crippen molar-refractivity contribution in [1.82, 2.24) is 5.32 Å². The normalized spacial score (nSPS) is 12.8. The van der Waals surface area contributed by atoms with Crippen LogP contribution in [0.2, 0.25) is 5.02 Å². The summed E-state index contributed by atoms with van der Waals surface area (Å²) in [5.41, 5.74) is 6.27. The predicted molar refractivity (Wildman–Crippen MR) is 73.8 cm³/mol. The summed E-state index contributed by atoms with van der Waals surface area (Å²) in [5, 5.41) is 3.79. The van der Waals surface area contributed by atoms with Crippen LogP contribution < -0.4 is 11.1 Å². The first-order valence-corrected chi connectivity index (χ1v) is 6.55. The molecule has 1 aromatic rings. The maximum Gasteiger partial charge on any atom is 0.234 e. The summed E-state index contributed by atoms with van der Waals surface area (Å²) in [6.45, 7) is 4.43. The lowest BCUT2D eigenvalue weighted by Crippen LogP contribution is -2.44. The summed E-state index contributed by atoms with van der Waals surface area (Å²) in [7, 11) is 0. The minimum absolute atomic E-state index is 0.154.